The number of aryl methyl sites for hydroxylation is 8. The second kappa shape index (κ2) is 21.0. The molecule has 0 radical (unpaired) electrons. The monoisotopic (exact) mass is 1140 g/mol. The van der Waals surface area contributed by atoms with Gasteiger partial charge in [-0.1, -0.05) is 32.9 Å². The molecule has 1 unspecified atom stereocenters. The Morgan fingerprint density at radius 2 is 1.31 bits per heavy atom. The van der Waals surface area contributed by atoms with Crippen LogP contribution in [0.5, 0.6) is 17.2 Å². The molecule has 0 fully saturated rings. The minimum atomic E-state index is -0.372. The van der Waals surface area contributed by atoms with Crippen LogP contribution in [0.15, 0.2) is 114 Å². The lowest BCUT2D eigenvalue weighted by Gasteiger charge is -2.16. The molecule has 12 rings (SSSR count). The number of fused-ring (bicyclic) bond motifs is 3. The van der Waals surface area contributed by atoms with E-state index in [1.807, 2.05) is 112 Å². The van der Waals surface area contributed by atoms with Gasteiger partial charge in [0.1, 0.15) is 28.5 Å². The van der Waals surface area contributed by atoms with Crippen molar-refractivity contribution < 1.29 is 19.9 Å². The van der Waals surface area contributed by atoms with Crippen LogP contribution >= 0.6 is 24.4 Å². The van der Waals surface area contributed by atoms with Gasteiger partial charge in [0.25, 0.3) is 5.82 Å². The number of nitrogens with one attached hydrogen (secondary N) is 2. The predicted octanol–water partition coefficient (Wildman–Crippen LogP) is 12.8. The Labute approximate surface area is 489 Å². The van der Waals surface area contributed by atoms with E-state index in [9.17, 15) is 20.1 Å². The SMILES string of the molecule is CCc1cc(-c2n[nH]c(=O)n2-c2cccc3c2ccn3C(C)Cn2nc(-c3cc(CC)c(O)cc3C)n(-c3ccc4c(c3)c(C)c(C)n4Cn3[nH]c(=S)[n+](-c4cccc5c4ncn5CC)c3-c3cc(CC)c(O)cc3C)c2=S)c(C)cc1O. The molecule has 0 saturated heterocycles. The van der Waals surface area contributed by atoms with Gasteiger partial charge in [-0.3, -0.25) is 4.57 Å². The van der Waals surface area contributed by atoms with Gasteiger partial charge in [-0.2, -0.15) is 14.8 Å². The fourth-order valence-corrected chi connectivity index (χ4v) is 12.7. The molecular formula is C64H66N13O4S2+. The number of imidazole rings is 1. The zero-order chi connectivity index (χ0) is 58.4. The van der Waals surface area contributed by atoms with Crippen LogP contribution in [0.2, 0.25) is 0 Å². The second-order valence-electron chi connectivity index (χ2n) is 21.7. The van der Waals surface area contributed by atoms with Crippen molar-refractivity contribution in [2.75, 3.05) is 0 Å². The summed E-state index contributed by atoms with van der Waals surface area (Å²) in [7, 11) is 0. The molecule has 12 aromatic rings. The molecule has 6 aromatic carbocycles. The van der Waals surface area contributed by atoms with E-state index in [1.54, 1.807) is 16.7 Å². The number of hydrogen-bond donors (Lipinski definition) is 5. The highest BCUT2D eigenvalue weighted by atomic mass is 32.1. The fourth-order valence-electron chi connectivity index (χ4n) is 12.1. The number of nitrogens with zero attached hydrogens (tertiary/aromatic N) is 11. The molecule has 6 heterocycles. The van der Waals surface area contributed by atoms with Crippen molar-refractivity contribution in [1.82, 2.24) is 57.6 Å². The lowest BCUT2D eigenvalue weighted by Crippen LogP contribution is -2.34. The highest BCUT2D eigenvalue weighted by Gasteiger charge is 2.30. The third kappa shape index (κ3) is 8.91. The lowest BCUT2D eigenvalue weighted by atomic mass is 10.0. The van der Waals surface area contributed by atoms with Gasteiger partial charge in [0.15, 0.2) is 18.3 Å². The number of benzene rings is 6. The van der Waals surface area contributed by atoms with Crippen molar-refractivity contribution in [3.05, 3.63) is 174 Å². The normalized spacial score (nSPS) is 12.3. The maximum Gasteiger partial charge on any atom is 0.348 e. The lowest BCUT2D eigenvalue weighted by molar-refractivity contribution is -0.590. The van der Waals surface area contributed by atoms with E-state index in [0.717, 1.165) is 118 Å². The van der Waals surface area contributed by atoms with Crippen LogP contribution in [0.1, 0.15) is 85.3 Å². The van der Waals surface area contributed by atoms with E-state index in [2.05, 4.69) is 102 Å². The third-order valence-corrected chi connectivity index (χ3v) is 17.5. The number of para-hydroxylation sites is 1. The Hall–Kier alpha value is -9.07. The fraction of sp³-hybridized carbons (Fsp3) is 0.266. The van der Waals surface area contributed by atoms with Gasteiger partial charge in [0.2, 0.25) is 4.77 Å². The summed E-state index contributed by atoms with van der Waals surface area (Å²) in [5, 5.41) is 50.8. The summed E-state index contributed by atoms with van der Waals surface area (Å²) in [6.45, 7) is 22.0. The van der Waals surface area contributed by atoms with E-state index in [1.165, 1.54) is 0 Å². The first-order valence-corrected chi connectivity index (χ1v) is 29.0. The number of aromatic amines is 2. The molecule has 17 nitrogen and oxygen atoms in total. The molecule has 0 bridgehead atoms. The first-order chi connectivity index (χ1) is 39.9. The van der Waals surface area contributed by atoms with E-state index in [4.69, 9.17) is 34.5 Å². The van der Waals surface area contributed by atoms with Gasteiger partial charge in [-0.25, -0.2) is 24.1 Å². The standard InChI is InChI=1S/C64H65N13O4S2/c1-11-41-28-46(35(5)25-55(41)78)59-66-67-62(81)76(59)52-18-15-17-50-45(52)23-24-71(50)38(8)32-73-64(83)75(60(68-73)47-29-42(12-2)56(79)26-36(47)6)44-21-22-51-49(31-44)39(9)40(10)72(51)34-74-61(48-30-43(13-3)57(80)27-37(48)7)77(63(82)69-74)54-20-16-19-53-58(54)65-33-70(53)14-4/h15-31,33,38H,11-14,32,34H2,1-10H3,(H4,66,67,68,69,78,79,81,82)/p+1. The van der Waals surface area contributed by atoms with Crippen LogP contribution < -0.4 is 10.3 Å². The number of aromatic hydroxyl groups is 3. The highest BCUT2D eigenvalue weighted by Crippen LogP contribution is 2.37. The Morgan fingerprint density at radius 3 is 1.98 bits per heavy atom. The van der Waals surface area contributed by atoms with Gasteiger partial charge in [-0.05, 0) is 216 Å². The van der Waals surface area contributed by atoms with Gasteiger partial charge in [0.05, 0.1) is 52.4 Å². The molecule has 6 aromatic heterocycles. The molecular weight excluding hydrogens is 1080 g/mol. The molecule has 0 spiro atoms. The Kier molecular flexibility index (Phi) is 13.8. The van der Waals surface area contributed by atoms with Crippen molar-refractivity contribution in [3.8, 4) is 68.5 Å². The minimum absolute atomic E-state index is 0.170. The van der Waals surface area contributed by atoms with E-state index in [-0.39, 0.29) is 29.0 Å². The largest absolute Gasteiger partial charge is 0.508 e. The molecule has 422 valence electrons. The average Bonchev–Trinajstić information content (AvgIpc) is 2.42. The molecule has 83 heavy (non-hydrogen) atoms. The summed E-state index contributed by atoms with van der Waals surface area (Å²) >= 11 is 12.8. The second-order valence-corrected chi connectivity index (χ2v) is 22.5. The van der Waals surface area contributed by atoms with Crippen LogP contribution in [0.25, 0.3) is 84.1 Å². The van der Waals surface area contributed by atoms with E-state index in [0.29, 0.717) is 59.4 Å². The summed E-state index contributed by atoms with van der Waals surface area (Å²) in [5.41, 5.74) is 15.4. The number of hydrogen-bond acceptors (Lipinski definition) is 9. The molecule has 0 aliphatic heterocycles. The topological polar surface area (TPSA) is 186 Å². The maximum atomic E-state index is 13.7. The number of H-pyrrole nitrogens is 2. The quantitative estimate of drug-likeness (QED) is 0.0492. The van der Waals surface area contributed by atoms with Gasteiger partial charge in [0, 0.05) is 40.3 Å². The van der Waals surface area contributed by atoms with Crippen molar-refractivity contribution >= 4 is 57.3 Å². The smallest absolute Gasteiger partial charge is 0.348 e. The number of phenols is 3. The van der Waals surface area contributed by atoms with Gasteiger partial charge < -0.3 is 29.0 Å². The zero-order valence-electron chi connectivity index (χ0n) is 48.2. The Morgan fingerprint density at radius 1 is 0.687 bits per heavy atom. The van der Waals surface area contributed by atoms with Crippen LogP contribution in [0.4, 0.5) is 0 Å². The Bertz CT molecular complexity index is 4780. The predicted molar refractivity (Wildman–Crippen MR) is 331 cm³/mol. The summed E-state index contributed by atoms with van der Waals surface area (Å²) < 4.78 is 17.3. The van der Waals surface area contributed by atoms with Gasteiger partial charge in [-0.15, -0.1) is 9.78 Å². The summed E-state index contributed by atoms with van der Waals surface area (Å²) in [6, 6.07) is 31.7. The molecule has 1 atom stereocenters. The van der Waals surface area contributed by atoms with Crippen LogP contribution in [0, 0.1) is 44.2 Å². The number of aromatic nitrogens is 13. The molecule has 0 amide bonds. The third-order valence-electron chi connectivity index (χ3n) is 16.8. The van der Waals surface area contributed by atoms with Crippen LogP contribution in [0.3, 0.4) is 0 Å². The van der Waals surface area contributed by atoms with Crippen molar-refractivity contribution in [2.45, 2.75) is 114 Å². The van der Waals surface area contributed by atoms with Crippen molar-refractivity contribution in [2.24, 2.45) is 0 Å². The molecule has 0 saturated carbocycles. The number of rotatable bonds is 15. The average molecular weight is 1150 g/mol. The molecule has 19 heteroatoms. The van der Waals surface area contributed by atoms with Gasteiger partial charge >= 0.3 is 10.5 Å². The zero-order valence-corrected chi connectivity index (χ0v) is 49.8. The number of phenolic OH excluding ortho intramolecular Hbond substituents is 3. The van der Waals surface area contributed by atoms with Crippen LogP contribution in [-0.2, 0) is 39.0 Å². The highest BCUT2D eigenvalue weighted by molar-refractivity contribution is 7.71. The van der Waals surface area contributed by atoms with Crippen molar-refractivity contribution in [1.29, 1.82) is 0 Å². The van der Waals surface area contributed by atoms with Crippen LogP contribution in [-0.4, -0.2) is 72.9 Å². The molecule has 5 N–H and O–H groups in total. The summed E-state index contributed by atoms with van der Waals surface area (Å²) in [6.07, 6.45) is 5.79. The first-order valence-electron chi connectivity index (χ1n) is 28.2. The van der Waals surface area contributed by atoms with E-state index >= 15 is 0 Å². The summed E-state index contributed by atoms with van der Waals surface area (Å²) in [4.78, 5) is 18.6. The molecule has 0 aliphatic rings. The minimum Gasteiger partial charge on any atom is -0.508 e. The Balaban J connectivity index is 0.958. The van der Waals surface area contributed by atoms with Crippen molar-refractivity contribution in [3.63, 3.8) is 0 Å². The summed E-state index contributed by atoms with van der Waals surface area (Å²) in [5.74, 6) is 2.64. The maximum absolute atomic E-state index is 13.7. The first kappa shape index (κ1) is 54.5. The van der Waals surface area contributed by atoms with E-state index < -0.39 is 0 Å². The molecule has 0 aliphatic carbocycles.